The molecule has 0 saturated carbocycles. The van der Waals surface area contributed by atoms with Crippen molar-refractivity contribution in [3.8, 4) is 11.5 Å². The maximum atomic E-state index is 11.8. The normalized spacial score (nSPS) is 11.4. The van der Waals surface area contributed by atoms with E-state index < -0.39 is 0 Å². The van der Waals surface area contributed by atoms with Crippen molar-refractivity contribution in [2.75, 3.05) is 19.8 Å². The Morgan fingerprint density at radius 2 is 1.83 bits per heavy atom. The lowest BCUT2D eigenvalue weighted by molar-refractivity contribution is 0.233. The van der Waals surface area contributed by atoms with Crippen LogP contribution in [0.3, 0.4) is 0 Å². The number of ether oxygens (including phenoxy) is 2. The number of urea groups is 1. The quantitative estimate of drug-likeness (QED) is 0.731. The molecular weight excluding hydrogens is 306 g/mol. The first-order chi connectivity index (χ1) is 11.7. The Balaban J connectivity index is 1.65. The molecule has 0 bridgehead atoms. The lowest BCUT2D eigenvalue weighted by Gasteiger charge is -2.14. The average Bonchev–Trinajstić information content (AvgIpc) is 2.61. The fourth-order valence-electron chi connectivity index (χ4n) is 2.09. The molecule has 0 radical (unpaired) electrons. The highest BCUT2D eigenvalue weighted by atomic mass is 16.5. The minimum atomic E-state index is -0.247. The van der Waals surface area contributed by atoms with Gasteiger partial charge >= 0.3 is 6.03 Å². The number of carbonyl (C=O) groups is 1. The number of benzene rings is 1. The molecule has 0 aliphatic rings. The van der Waals surface area contributed by atoms with Gasteiger partial charge in [0.2, 0.25) is 0 Å². The Morgan fingerprint density at radius 3 is 2.46 bits per heavy atom. The van der Waals surface area contributed by atoms with Gasteiger partial charge in [0, 0.05) is 6.20 Å². The molecule has 2 rings (SSSR count). The predicted molar refractivity (Wildman–Crippen MR) is 92.3 cm³/mol. The van der Waals surface area contributed by atoms with Crippen molar-refractivity contribution in [2.24, 2.45) is 0 Å². The molecule has 0 aliphatic carbocycles. The monoisotopic (exact) mass is 329 g/mol. The topological polar surface area (TPSA) is 72.5 Å². The summed E-state index contributed by atoms with van der Waals surface area (Å²) in [6.07, 6.45) is 1.70. The van der Waals surface area contributed by atoms with Gasteiger partial charge in [-0.25, -0.2) is 4.79 Å². The summed E-state index contributed by atoms with van der Waals surface area (Å²) in [6.45, 7) is 5.26. The molecule has 0 spiro atoms. The maximum Gasteiger partial charge on any atom is 0.315 e. The Bertz CT molecular complexity index is 617. The van der Waals surface area contributed by atoms with Gasteiger partial charge in [-0.05, 0) is 50.2 Å². The van der Waals surface area contributed by atoms with Crippen LogP contribution in [0.25, 0.3) is 0 Å². The summed E-state index contributed by atoms with van der Waals surface area (Å²) in [6, 6.07) is 12.6. The van der Waals surface area contributed by atoms with E-state index in [1.54, 1.807) is 6.20 Å². The van der Waals surface area contributed by atoms with E-state index >= 15 is 0 Å². The number of pyridine rings is 1. The largest absolute Gasteiger partial charge is 0.494 e. The summed E-state index contributed by atoms with van der Waals surface area (Å²) in [4.78, 5) is 16.0. The highest BCUT2D eigenvalue weighted by Crippen LogP contribution is 2.17. The minimum Gasteiger partial charge on any atom is -0.494 e. The third kappa shape index (κ3) is 5.79. The lowest BCUT2D eigenvalue weighted by atomic mass is 10.2. The number of hydrogen-bond donors (Lipinski definition) is 2. The van der Waals surface area contributed by atoms with Gasteiger partial charge in [0.05, 0.1) is 24.9 Å². The predicted octanol–water partition coefficient (Wildman–Crippen LogP) is 2.92. The zero-order valence-corrected chi connectivity index (χ0v) is 14.0. The zero-order valence-electron chi connectivity index (χ0n) is 14.0. The second-order valence-corrected chi connectivity index (χ2v) is 5.13. The standard InChI is InChI=1S/C18H23N3O3/c1-3-23-15-7-9-16(10-8-15)24-13-12-20-18(22)21-14(2)17-6-4-5-11-19-17/h4-11,14H,3,12-13H2,1-2H3,(H2,20,21,22). The van der Waals surface area contributed by atoms with Gasteiger partial charge in [-0.15, -0.1) is 0 Å². The van der Waals surface area contributed by atoms with Gasteiger partial charge in [0.1, 0.15) is 18.1 Å². The molecule has 6 nitrogen and oxygen atoms in total. The van der Waals surface area contributed by atoms with Crippen molar-refractivity contribution in [3.05, 3.63) is 54.4 Å². The molecule has 1 atom stereocenters. The van der Waals surface area contributed by atoms with E-state index in [2.05, 4.69) is 15.6 Å². The van der Waals surface area contributed by atoms with Crippen LogP contribution >= 0.6 is 0 Å². The Hall–Kier alpha value is -2.76. The van der Waals surface area contributed by atoms with Crippen molar-refractivity contribution >= 4 is 6.03 Å². The molecule has 1 heterocycles. The number of amides is 2. The van der Waals surface area contributed by atoms with E-state index in [0.29, 0.717) is 19.8 Å². The van der Waals surface area contributed by atoms with Crippen molar-refractivity contribution in [2.45, 2.75) is 19.9 Å². The van der Waals surface area contributed by atoms with E-state index in [0.717, 1.165) is 17.2 Å². The van der Waals surface area contributed by atoms with Crippen LogP contribution in [-0.4, -0.2) is 30.8 Å². The molecule has 24 heavy (non-hydrogen) atoms. The van der Waals surface area contributed by atoms with E-state index in [-0.39, 0.29) is 12.1 Å². The minimum absolute atomic E-state index is 0.154. The smallest absolute Gasteiger partial charge is 0.315 e. The Morgan fingerprint density at radius 1 is 1.12 bits per heavy atom. The summed E-state index contributed by atoms with van der Waals surface area (Å²) in [5, 5.41) is 5.59. The molecule has 2 amide bonds. The van der Waals surface area contributed by atoms with E-state index in [9.17, 15) is 4.79 Å². The second kappa shape index (κ2) is 9.39. The molecule has 1 unspecified atom stereocenters. The first-order valence-corrected chi connectivity index (χ1v) is 8.00. The summed E-state index contributed by atoms with van der Waals surface area (Å²) < 4.78 is 10.9. The fraction of sp³-hybridized carbons (Fsp3) is 0.333. The first-order valence-electron chi connectivity index (χ1n) is 8.00. The van der Waals surface area contributed by atoms with Gasteiger partial charge in [-0.3, -0.25) is 4.98 Å². The Labute approximate surface area is 142 Å². The third-order valence-electron chi connectivity index (χ3n) is 3.27. The highest BCUT2D eigenvalue weighted by Gasteiger charge is 2.09. The molecule has 128 valence electrons. The van der Waals surface area contributed by atoms with Crippen LogP contribution in [0.15, 0.2) is 48.7 Å². The molecule has 2 aromatic rings. The fourth-order valence-corrected chi connectivity index (χ4v) is 2.09. The number of nitrogens with one attached hydrogen (secondary N) is 2. The SMILES string of the molecule is CCOc1ccc(OCCNC(=O)NC(C)c2ccccn2)cc1. The maximum absolute atomic E-state index is 11.8. The van der Waals surface area contributed by atoms with E-state index in [1.807, 2.05) is 56.3 Å². The Kier molecular flexibility index (Phi) is 6.89. The molecular formula is C18H23N3O3. The first kappa shape index (κ1) is 17.6. The summed E-state index contributed by atoms with van der Waals surface area (Å²) >= 11 is 0. The number of hydrogen-bond acceptors (Lipinski definition) is 4. The van der Waals surface area contributed by atoms with E-state index in [1.165, 1.54) is 0 Å². The van der Waals surface area contributed by atoms with E-state index in [4.69, 9.17) is 9.47 Å². The van der Waals surface area contributed by atoms with Crippen LogP contribution in [-0.2, 0) is 0 Å². The molecule has 2 N–H and O–H groups in total. The zero-order chi connectivity index (χ0) is 17.2. The van der Waals surface area contributed by atoms with Crippen molar-refractivity contribution in [3.63, 3.8) is 0 Å². The summed E-state index contributed by atoms with van der Waals surface area (Å²) in [5.41, 5.74) is 0.818. The second-order valence-electron chi connectivity index (χ2n) is 5.13. The molecule has 1 aromatic heterocycles. The van der Waals surface area contributed by atoms with Crippen molar-refractivity contribution < 1.29 is 14.3 Å². The number of nitrogens with zero attached hydrogens (tertiary/aromatic N) is 1. The lowest BCUT2D eigenvalue weighted by Crippen LogP contribution is -2.39. The van der Waals surface area contributed by atoms with Gasteiger partial charge < -0.3 is 20.1 Å². The molecule has 0 aliphatic heterocycles. The molecule has 0 saturated heterocycles. The van der Waals surface area contributed by atoms with Gasteiger partial charge in [0.25, 0.3) is 0 Å². The van der Waals surface area contributed by atoms with Crippen molar-refractivity contribution in [1.82, 2.24) is 15.6 Å². The number of carbonyl (C=O) groups excluding carboxylic acids is 1. The number of aromatic nitrogens is 1. The van der Waals surface area contributed by atoms with Crippen LogP contribution in [0, 0.1) is 0 Å². The van der Waals surface area contributed by atoms with Crippen LogP contribution in [0.5, 0.6) is 11.5 Å². The highest BCUT2D eigenvalue weighted by molar-refractivity contribution is 5.74. The van der Waals surface area contributed by atoms with Crippen LogP contribution < -0.4 is 20.1 Å². The summed E-state index contributed by atoms with van der Waals surface area (Å²) in [5.74, 6) is 1.55. The number of rotatable bonds is 8. The third-order valence-corrected chi connectivity index (χ3v) is 3.27. The van der Waals surface area contributed by atoms with Crippen LogP contribution in [0.4, 0.5) is 4.79 Å². The van der Waals surface area contributed by atoms with Crippen LogP contribution in [0.2, 0.25) is 0 Å². The van der Waals surface area contributed by atoms with Gasteiger partial charge in [-0.2, -0.15) is 0 Å². The average molecular weight is 329 g/mol. The molecule has 6 heteroatoms. The van der Waals surface area contributed by atoms with Gasteiger partial charge in [0.15, 0.2) is 0 Å². The molecule has 0 fully saturated rings. The molecule has 1 aromatic carbocycles. The van der Waals surface area contributed by atoms with Crippen LogP contribution in [0.1, 0.15) is 25.6 Å². The van der Waals surface area contributed by atoms with Crippen molar-refractivity contribution in [1.29, 1.82) is 0 Å². The van der Waals surface area contributed by atoms with Gasteiger partial charge in [-0.1, -0.05) is 6.07 Å². The summed E-state index contributed by atoms with van der Waals surface area (Å²) in [7, 11) is 0.